The van der Waals surface area contributed by atoms with Crippen molar-refractivity contribution in [2.45, 2.75) is 6.92 Å². The summed E-state index contributed by atoms with van der Waals surface area (Å²) in [4.78, 5) is 25.7. The van der Waals surface area contributed by atoms with Crippen LogP contribution in [0.25, 0.3) is 0 Å². The van der Waals surface area contributed by atoms with Gasteiger partial charge in [-0.1, -0.05) is 0 Å². The van der Waals surface area contributed by atoms with E-state index >= 15 is 0 Å². The van der Waals surface area contributed by atoms with Crippen LogP contribution in [0.5, 0.6) is 0 Å². The predicted octanol–water partition coefficient (Wildman–Crippen LogP) is -1.09. The lowest BCUT2D eigenvalue weighted by molar-refractivity contribution is 0.253. The summed E-state index contributed by atoms with van der Waals surface area (Å²) >= 11 is 0. The minimum atomic E-state index is -0.892. The SMILES string of the molecule is Cc1cc(N(N)C(N)=O)cc(N(N)C(N)=O)n1. The fourth-order valence-corrected chi connectivity index (χ4v) is 1.14. The van der Waals surface area contributed by atoms with Crippen LogP contribution in [0.4, 0.5) is 21.1 Å². The lowest BCUT2D eigenvalue weighted by atomic mass is 10.3. The number of aromatic nitrogens is 1. The van der Waals surface area contributed by atoms with Gasteiger partial charge in [-0.05, 0) is 13.0 Å². The van der Waals surface area contributed by atoms with Crippen molar-refractivity contribution >= 4 is 23.6 Å². The zero-order valence-electron chi connectivity index (χ0n) is 9.12. The van der Waals surface area contributed by atoms with E-state index in [2.05, 4.69) is 4.98 Å². The molecule has 0 bridgehead atoms. The average molecular weight is 239 g/mol. The molecule has 8 N–H and O–H groups in total. The van der Waals surface area contributed by atoms with Crippen LogP contribution in [0, 0.1) is 6.92 Å². The highest BCUT2D eigenvalue weighted by Crippen LogP contribution is 2.18. The number of anilines is 2. The fourth-order valence-electron chi connectivity index (χ4n) is 1.14. The fraction of sp³-hybridized carbons (Fsp3) is 0.125. The summed E-state index contributed by atoms with van der Waals surface area (Å²) < 4.78 is 0. The Bertz CT molecular complexity index is 423. The molecule has 9 nitrogen and oxygen atoms in total. The summed E-state index contributed by atoms with van der Waals surface area (Å²) in [6.07, 6.45) is 0. The third-order valence-electron chi connectivity index (χ3n) is 1.92. The molecule has 0 aromatic carbocycles. The Hall–Kier alpha value is -2.39. The lowest BCUT2D eigenvalue weighted by Gasteiger charge is -2.18. The molecule has 0 aliphatic carbocycles. The monoisotopic (exact) mass is 239 g/mol. The highest BCUT2D eigenvalue weighted by Gasteiger charge is 2.14. The van der Waals surface area contributed by atoms with Crippen molar-refractivity contribution in [3.63, 3.8) is 0 Å². The number of hydrazine groups is 2. The second kappa shape index (κ2) is 4.63. The molecule has 0 saturated carbocycles. The topological polar surface area (TPSA) is 158 Å². The number of hydrogen-bond acceptors (Lipinski definition) is 5. The molecule has 0 atom stereocenters. The number of aryl methyl sites for hydroxylation is 1. The number of pyridine rings is 1. The quantitative estimate of drug-likeness (QED) is 0.293. The molecule has 9 heteroatoms. The first kappa shape index (κ1) is 12.7. The van der Waals surface area contributed by atoms with Crippen LogP contribution in [0.3, 0.4) is 0 Å². The van der Waals surface area contributed by atoms with Gasteiger partial charge < -0.3 is 11.5 Å². The van der Waals surface area contributed by atoms with Gasteiger partial charge in [-0.3, -0.25) is 0 Å². The van der Waals surface area contributed by atoms with E-state index in [0.29, 0.717) is 15.7 Å². The molecule has 4 amide bonds. The Balaban J connectivity index is 3.19. The molecule has 0 radical (unpaired) electrons. The predicted molar refractivity (Wildman–Crippen MR) is 61.5 cm³/mol. The number of urea groups is 2. The van der Waals surface area contributed by atoms with Gasteiger partial charge in [-0.25, -0.2) is 36.3 Å². The standard InChI is InChI=1S/C8H13N7O2/c1-4-2-5(14(11)7(9)16)3-6(13-4)15(12)8(10)17/h2-3H,11-12H2,1H3,(H2,9,16)(H2,10,17). The van der Waals surface area contributed by atoms with Crippen LogP contribution in [0.1, 0.15) is 5.69 Å². The largest absolute Gasteiger partial charge is 0.350 e. The molecular weight excluding hydrogens is 226 g/mol. The Morgan fingerprint density at radius 1 is 1.12 bits per heavy atom. The van der Waals surface area contributed by atoms with E-state index in [0.717, 1.165) is 0 Å². The Morgan fingerprint density at radius 2 is 1.65 bits per heavy atom. The first-order valence-corrected chi connectivity index (χ1v) is 4.50. The summed E-state index contributed by atoms with van der Waals surface area (Å²) in [5.41, 5.74) is 10.7. The van der Waals surface area contributed by atoms with Crippen LogP contribution in [-0.2, 0) is 0 Å². The Morgan fingerprint density at radius 3 is 2.12 bits per heavy atom. The number of nitrogens with two attached hydrogens (primary N) is 4. The van der Waals surface area contributed by atoms with Gasteiger partial charge in [0.2, 0.25) is 0 Å². The summed E-state index contributed by atoms with van der Waals surface area (Å²) in [6, 6.07) is 1.06. The molecule has 1 heterocycles. The van der Waals surface area contributed by atoms with Gasteiger partial charge in [0.25, 0.3) is 0 Å². The van der Waals surface area contributed by atoms with E-state index in [1.165, 1.54) is 12.1 Å². The first-order valence-electron chi connectivity index (χ1n) is 4.50. The minimum Gasteiger partial charge on any atom is -0.350 e. The van der Waals surface area contributed by atoms with Gasteiger partial charge in [-0.15, -0.1) is 0 Å². The van der Waals surface area contributed by atoms with Gasteiger partial charge in [-0.2, -0.15) is 0 Å². The van der Waals surface area contributed by atoms with E-state index in [9.17, 15) is 9.59 Å². The molecule has 0 saturated heterocycles. The highest BCUT2D eigenvalue weighted by atomic mass is 16.2. The summed E-state index contributed by atoms with van der Waals surface area (Å²) in [5, 5.41) is 1.33. The number of primary amides is 2. The molecule has 17 heavy (non-hydrogen) atoms. The molecule has 0 fully saturated rings. The van der Waals surface area contributed by atoms with Gasteiger partial charge in [0, 0.05) is 11.8 Å². The Kier molecular flexibility index (Phi) is 3.46. The number of carbonyl (C=O) groups is 2. The van der Waals surface area contributed by atoms with Gasteiger partial charge in [0.1, 0.15) is 0 Å². The second-order valence-electron chi connectivity index (χ2n) is 3.24. The molecule has 0 aliphatic heterocycles. The van der Waals surface area contributed by atoms with Crippen LogP contribution in [-0.4, -0.2) is 17.0 Å². The number of hydrogen-bond donors (Lipinski definition) is 4. The zero-order chi connectivity index (χ0) is 13.2. The van der Waals surface area contributed by atoms with E-state index < -0.39 is 12.1 Å². The molecule has 1 aromatic heterocycles. The van der Waals surface area contributed by atoms with Crippen molar-refractivity contribution in [3.8, 4) is 0 Å². The molecule has 0 spiro atoms. The second-order valence-corrected chi connectivity index (χ2v) is 3.24. The van der Waals surface area contributed by atoms with Crippen LogP contribution >= 0.6 is 0 Å². The Labute approximate surface area is 96.9 Å². The number of rotatable bonds is 2. The summed E-state index contributed by atoms with van der Waals surface area (Å²) in [7, 11) is 0. The van der Waals surface area contributed by atoms with E-state index in [1.807, 2.05) is 0 Å². The molecule has 0 unspecified atom stereocenters. The minimum absolute atomic E-state index is 0.0594. The summed E-state index contributed by atoms with van der Waals surface area (Å²) in [5.74, 6) is 10.8. The maximum Gasteiger partial charge on any atom is 0.335 e. The maximum absolute atomic E-state index is 10.9. The van der Waals surface area contributed by atoms with E-state index in [4.69, 9.17) is 23.2 Å². The van der Waals surface area contributed by atoms with Crippen molar-refractivity contribution in [3.05, 3.63) is 17.8 Å². The number of carbonyl (C=O) groups excluding carboxylic acids is 2. The van der Waals surface area contributed by atoms with Gasteiger partial charge in [0.05, 0.1) is 5.69 Å². The maximum atomic E-state index is 10.9. The van der Waals surface area contributed by atoms with Crippen LogP contribution < -0.4 is 33.2 Å². The van der Waals surface area contributed by atoms with Crippen LogP contribution in [0.15, 0.2) is 12.1 Å². The highest BCUT2D eigenvalue weighted by molar-refractivity contribution is 5.92. The van der Waals surface area contributed by atoms with Crippen molar-refractivity contribution in [1.29, 1.82) is 0 Å². The molecule has 1 rings (SSSR count). The third kappa shape index (κ3) is 2.80. The van der Waals surface area contributed by atoms with Crippen molar-refractivity contribution in [1.82, 2.24) is 4.98 Å². The molecule has 92 valence electrons. The van der Waals surface area contributed by atoms with E-state index in [1.54, 1.807) is 6.92 Å². The van der Waals surface area contributed by atoms with Crippen molar-refractivity contribution in [2.24, 2.45) is 23.2 Å². The van der Waals surface area contributed by atoms with Crippen molar-refractivity contribution in [2.75, 3.05) is 10.0 Å². The third-order valence-corrected chi connectivity index (χ3v) is 1.92. The summed E-state index contributed by atoms with van der Waals surface area (Å²) in [6.45, 7) is 1.64. The lowest BCUT2D eigenvalue weighted by Crippen LogP contribution is -2.43. The first-order chi connectivity index (χ1) is 7.82. The average Bonchev–Trinajstić information content (AvgIpc) is 2.25. The smallest absolute Gasteiger partial charge is 0.335 e. The number of nitrogens with zero attached hydrogens (tertiary/aromatic N) is 3. The van der Waals surface area contributed by atoms with Crippen molar-refractivity contribution < 1.29 is 9.59 Å². The zero-order valence-corrected chi connectivity index (χ0v) is 9.12. The van der Waals surface area contributed by atoms with Gasteiger partial charge >= 0.3 is 12.1 Å². The van der Waals surface area contributed by atoms with E-state index in [-0.39, 0.29) is 11.5 Å². The normalized spacial score (nSPS) is 9.82. The molecule has 0 aliphatic rings. The number of amides is 4. The van der Waals surface area contributed by atoms with Crippen LogP contribution in [0.2, 0.25) is 0 Å². The molecule has 1 aromatic rings. The van der Waals surface area contributed by atoms with Gasteiger partial charge in [0.15, 0.2) is 5.82 Å². The molecular formula is C8H13N7O2.